The van der Waals surface area contributed by atoms with Crippen LogP contribution in [0.25, 0.3) is 5.69 Å². The van der Waals surface area contributed by atoms with Crippen molar-refractivity contribution in [1.29, 1.82) is 0 Å². The molecule has 0 radical (unpaired) electrons. The number of anilines is 1. The minimum atomic E-state index is -3.58. The minimum absolute atomic E-state index is 0.157. The zero-order chi connectivity index (χ0) is 26.4. The first-order chi connectivity index (χ1) is 17.8. The van der Waals surface area contributed by atoms with Gasteiger partial charge in [-0.25, -0.2) is 8.70 Å². The third-order valence-corrected chi connectivity index (χ3v) is 8.88. The van der Waals surface area contributed by atoms with Gasteiger partial charge in [0.15, 0.2) is 0 Å². The standard InChI is InChI=1S/C26H31FN4O5S/c1-3-35-17-18-36-25-24(19-28-31(26(25)32)23-7-5-4-6-8-23)29-13-15-30(16-14-29)37(33,34)20(2)21-9-11-22(27)12-10-21/h4-12,19-20H,3,13-18H2,1-2H3/p+1. The summed E-state index contributed by atoms with van der Waals surface area (Å²) in [5.41, 5.74) is 1.29. The summed E-state index contributed by atoms with van der Waals surface area (Å²) < 4.78 is 52.9. The highest BCUT2D eigenvalue weighted by molar-refractivity contribution is 7.85. The zero-order valence-corrected chi connectivity index (χ0v) is 21.8. The summed E-state index contributed by atoms with van der Waals surface area (Å²) in [6, 6.07) is 14.6. The van der Waals surface area contributed by atoms with Crippen LogP contribution in [0.5, 0.6) is 5.75 Å². The van der Waals surface area contributed by atoms with Crippen LogP contribution in [0.2, 0.25) is 0 Å². The number of ether oxygens (including phenoxy) is 2. The molecule has 3 aromatic rings. The molecular formula is C26H32FN4O5S+. The average molecular weight is 532 g/mol. The molecule has 9 nitrogen and oxygen atoms in total. The number of nitrogens with zero attached hydrogens (tertiary/aromatic N) is 3. The zero-order valence-electron chi connectivity index (χ0n) is 21.0. The Morgan fingerprint density at radius 1 is 1.05 bits per heavy atom. The van der Waals surface area contributed by atoms with Gasteiger partial charge in [0.05, 0.1) is 31.6 Å². The first-order valence-electron chi connectivity index (χ1n) is 12.3. The Balaban J connectivity index is 1.54. The van der Waals surface area contributed by atoms with Gasteiger partial charge in [0.2, 0.25) is 5.75 Å². The second-order valence-electron chi connectivity index (χ2n) is 8.72. The SMILES string of the molecule is CCOCCOc1c(N2CC[NH+](S(=O)(=O)C(C)c3ccc(F)cc3)CC2)cnn(-c2ccccc2)c1=O. The Hall–Kier alpha value is -3.28. The number of hydrogen-bond acceptors (Lipinski definition) is 7. The van der Waals surface area contributed by atoms with E-state index < -0.39 is 26.6 Å². The number of aromatic nitrogens is 2. The molecule has 37 heavy (non-hydrogen) atoms. The number of halogens is 1. The number of para-hydroxylation sites is 1. The molecule has 11 heteroatoms. The molecule has 198 valence electrons. The van der Waals surface area contributed by atoms with E-state index in [1.165, 1.54) is 28.9 Å². The summed E-state index contributed by atoms with van der Waals surface area (Å²) in [5, 5.41) is 3.59. The van der Waals surface area contributed by atoms with E-state index in [9.17, 15) is 17.6 Å². The fourth-order valence-corrected chi connectivity index (χ4v) is 6.10. The van der Waals surface area contributed by atoms with E-state index in [1.807, 2.05) is 30.0 Å². The average Bonchev–Trinajstić information content (AvgIpc) is 2.92. The summed E-state index contributed by atoms with van der Waals surface area (Å²) >= 11 is 0. The maximum atomic E-state index is 13.4. The molecular weight excluding hydrogens is 499 g/mol. The molecule has 1 aromatic heterocycles. The van der Waals surface area contributed by atoms with Crippen molar-refractivity contribution in [3.05, 3.63) is 82.5 Å². The second kappa shape index (κ2) is 11.8. The number of benzene rings is 2. The largest absolute Gasteiger partial charge is 0.484 e. The predicted octanol–water partition coefficient (Wildman–Crippen LogP) is 1.58. The smallest absolute Gasteiger partial charge is 0.316 e. The van der Waals surface area contributed by atoms with Gasteiger partial charge in [-0.15, -0.1) is 0 Å². The maximum Gasteiger partial charge on any atom is 0.316 e. The molecule has 1 aliphatic heterocycles. The van der Waals surface area contributed by atoms with Crippen LogP contribution in [0.15, 0.2) is 65.6 Å². The quantitative estimate of drug-likeness (QED) is 0.397. The van der Waals surface area contributed by atoms with Gasteiger partial charge in [-0.1, -0.05) is 30.3 Å². The number of rotatable bonds is 10. The lowest BCUT2D eigenvalue weighted by atomic mass is 10.2. The Morgan fingerprint density at radius 2 is 1.73 bits per heavy atom. The maximum absolute atomic E-state index is 13.4. The van der Waals surface area contributed by atoms with E-state index in [2.05, 4.69) is 5.10 Å². The minimum Gasteiger partial charge on any atom is -0.484 e. The molecule has 1 aliphatic rings. The van der Waals surface area contributed by atoms with Gasteiger partial charge >= 0.3 is 15.6 Å². The molecule has 1 saturated heterocycles. The van der Waals surface area contributed by atoms with Crippen LogP contribution in [-0.2, 0) is 14.8 Å². The van der Waals surface area contributed by atoms with Crippen molar-refractivity contribution in [2.75, 3.05) is 50.9 Å². The molecule has 0 spiro atoms. The van der Waals surface area contributed by atoms with E-state index in [4.69, 9.17) is 9.47 Å². The van der Waals surface area contributed by atoms with Crippen molar-refractivity contribution >= 4 is 15.7 Å². The third-order valence-electron chi connectivity index (χ3n) is 6.46. The first kappa shape index (κ1) is 26.8. The van der Waals surface area contributed by atoms with E-state index >= 15 is 0 Å². The highest BCUT2D eigenvalue weighted by atomic mass is 32.2. The van der Waals surface area contributed by atoms with Crippen LogP contribution < -0.4 is 19.5 Å². The lowest BCUT2D eigenvalue weighted by molar-refractivity contribution is -0.768. The van der Waals surface area contributed by atoms with Gasteiger partial charge in [0, 0.05) is 6.61 Å². The van der Waals surface area contributed by atoms with Gasteiger partial charge in [-0.05, 0) is 43.7 Å². The lowest BCUT2D eigenvalue weighted by Crippen LogP contribution is -3.16. The van der Waals surface area contributed by atoms with Gasteiger partial charge in [-0.2, -0.15) is 18.2 Å². The van der Waals surface area contributed by atoms with Crippen LogP contribution in [0.1, 0.15) is 24.7 Å². The second-order valence-corrected chi connectivity index (χ2v) is 11.1. The summed E-state index contributed by atoms with van der Waals surface area (Å²) in [6.07, 6.45) is 1.59. The molecule has 1 unspecified atom stereocenters. The van der Waals surface area contributed by atoms with Crippen molar-refractivity contribution in [2.45, 2.75) is 19.1 Å². The molecule has 0 saturated carbocycles. The summed E-state index contributed by atoms with van der Waals surface area (Å²) in [7, 11) is -3.58. The van der Waals surface area contributed by atoms with Crippen molar-refractivity contribution in [3.63, 3.8) is 0 Å². The van der Waals surface area contributed by atoms with Crippen molar-refractivity contribution in [1.82, 2.24) is 9.78 Å². The Bertz CT molecular complexity index is 1340. The van der Waals surface area contributed by atoms with Crippen LogP contribution in [0, 0.1) is 5.82 Å². The molecule has 1 N–H and O–H groups in total. The summed E-state index contributed by atoms with van der Waals surface area (Å²) in [6.45, 7) is 5.99. The van der Waals surface area contributed by atoms with Gasteiger partial charge in [0.25, 0.3) is 0 Å². The predicted molar refractivity (Wildman–Crippen MR) is 138 cm³/mol. The van der Waals surface area contributed by atoms with E-state index in [1.54, 1.807) is 25.3 Å². The van der Waals surface area contributed by atoms with Gasteiger partial charge < -0.3 is 14.4 Å². The molecule has 4 rings (SSSR count). The van der Waals surface area contributed by atoms with E-state index in [0.29, 0.717) is 60.6 Å². The molecule has 2 aromatic carbocycles. The molecule has 0 aliphatic carbocycles. The van der Waals surface area contributed by atoms with Crippen LogP contribution in [0.3, 0.4) is 0 Å². The number of piperazine rings is 1. The highest BCUT2D eigenvalue weighted by Crippen LogP contribution is 2.25. The fraction of sp³-hybridized carbons (Fsp3) is 0.385. The van der Waals surface area contributed by atoms with Crippen LogP contribution in [-0.4, -0.2) is 64.2 Å². The number of quaternary nitrogens is 1. The Morgan fingerprint density at radius 3 is 2.38 bits per heavy atom. The molecule has 1 fully saturated rings. The van der Waals surface area contributed by atoms with Gasteiger partial charge in [0.1, 0.15) is 36.5 Å². The van der Waals surface area contributed by atoms with Crippen molar-refractivity contribution in [3.8, 4) is 11.4 Å². The van der Waals surface area contributed by atoms with Crippen molar-refractivity contribution in [2.24, 2.45) is 0 Å². The number of sulfonamides is 1. The van der Waals surface area contributed by atoms with Crippen LogP contribution >= 0.6 is 0 Å². The summed E-state index contributed by atoms with van der Waals surface area (Å²) in [4.78, 5) is 15.3. The normalized spacial score (nSPS) is 15.5. The summed E-state index contributed by atoms with van der Waals surface area (Å²) in [5.74, 6) is -0.249. The van der Waals surface area contributed by atoms with E-state index in [-0.39, 0.29) is 12.4 Å². The molecule has 2 heterocycles. The number of hydrogen-bond donors (Lipinski definition) is 1. The molecule has 0 bridgehead atoms. The highest BCUT2D eigenvalue weighted by Gasteiger charge is 2.37. The third kappa shape index (κ3) is 6.00. The Labute approximate surface area is 216 Å². The number of nitrogens with one attached hydrogen (secondary N) is 1. The van der Waals surface area contributed by atoms with Crippen molar-refractivity contribution < 1.29 is 26.6 Å². The Kier molecular flexibility index (Phi) is 8.57. The van der Waals surface area contributed by atoms with Crippen LogP contribution in [0.4, 0.5) is 10.1 Å². The molecule has 0 amide bonds. The fourth-order valence-electron chi connectivity index (χ4n) is 4.33. The van der Waals surface area contributed by atoms with Gasteiger partial charge in [-0.3, -0.25) is 4.79 Å². The lowest BCUT2D eigenvalue weighted by Gasteiger charge is -2.34. The first-order valence-corrected chi connectivity index (χ1v) is 13.8. The monoisotopic (exact) mass is 531 g/mol. The molecule has 1 atom stereocenters. The van der Waals surface area contributed by atoms with E-state index in [0.717, 1.165) is 0 Å². The topological polar surface area (TPSA) is 95.2 Å².